The zero-order chi connectivity index (χ0) is 29.0. The van der Waals surface area contributed by atoms with Crippen LogP contribution in [0.1, 0.15) is 43.5 Å². The Morgan fingerprint density at radius 1 is 0.875 bits per heavy atom. The molecule has 6 heteroatoms. The molecule has 0 aliphatic carbocycles. The van der Waals surface area contributed by atoms with Crippen LogP contribution in [-0.4, -0.2) is 35.5 Å². The predicted molar refractivity (Wildman–Crippen MR) is 161 cm³/mol. The molecule has 0 aliphatic heterocycles. The van der Waals surface area contributed by atoms with Crippen molar-refractivity contribution in [3.05, 3.63) is 127 Å². The molecule has 0 aromatic heterocycles. The molecule has 3 aromatic carbocycles. The normalized spacial score (nSPS) is 11.9. The summed E-state index contributed by atoms with van der Waals surface area (Å²) in [4.78, 5) is 29.1. The Labute approximate surface area is 237 Å². The number of nitrogens with zero attached hydrogens (tertiary/aromatic N) is 1. The Bertz CT molecular complexity index is 1310. The Hall–Kier alpha value is -4.58. The van der Waals surface area contributed by atoms with Gasteiger partial charge in [0.15, 0.2) is 11.5 Å². The van der Waals surface area contributed by atoms with Gasteiger partial charge in [-0.3, -0.25) is 9.59 Å². The first-order valence-electron chi connectivity index (χ1n) is 13.2. The predicted octanol–water partition coefficient (Wildman–Crippen LogP) is 6.51. The van der Waals surface area contributed by atoms with E-state index < -0.39 is 11.6 Å². The highest BCUT2D eigenvalue weighted by atomic mass is 16.5. The SMILES string of the molecule is C=CCOc1ccc(/C=C/C(=O)N(Cc2ccccc2)[C@H](C(=O)NC(C)(C)C)c2ccccc2)cc1OCC=C. The van der Waals surface area contributed by atoms with Gasteiger partial charge < -0.3 is 19.7 Å². The minimum Gasteiger partial charge on any atom is -0.486 e. The molecule has 0 unspecified atom stereocenters. The summed E-state index contributed by atoms with van der Waals surface area (Å²) in [7, 11) is 0. The van der Waals surface area contributed by atoms with Gasteiger partial charge in [-0.25, -0.2) is 0 Å². The minimum atomic E-state index is -0.834. The Balaban J connectivity index is 1.99. The fourth-order valence-corrected chi connectivity index (χ4v) is 4.04. The first kappa shape index (κ1) is 30.0. The number of nitrogens with one attached hydrogen (secondary N) is 1. The van der Waals surface area contributed by atoms with Crippen LogP contribution in [0.15, 0.2) is 110 Å². The van der Waals surface area contributed by atoms with Crippen LogP contribution in [0.2, 0.25) is 0 Å². The van der Waals surface area contributed by atoms with E-state index in [1.807, 2.05) is 87.5 Å². The van der Waals surface area contributed by atoms with Crippen LogP contribution in [0.25, 0.3) is 6.08 Å². The van der Waals surface area contributed by atoms with E-state index in [0.717, 1.165) is 16.7 Å². The Kier molecular flexibility index (Phi) is 10.9. The van der Waals surface area contributed by atoms with Gasteiger partial charge >= 0.3 is 0 Å². The number of hydrogen-bond donors (Lipinski definition) is 1. The van der Waals surface area contributed by atoms with Crippen LogP contribution >= 0.6 is 0 Å². The lowest BCUT2D eigenvalue weighted by Crippen LogP contribution is -2.48. The molecular formula is C34H38N2O4. The fraction of sp³-hybridized carbons (Fsp3) is 0.235. The molecule has 1 atom stereocenters. The van der Waals surface area contributed by atoms with E-state index in [0.29, 0.717) is 24.7 Å². The van der Waals surface area contributed by atoms with Crippen molar-refractivity contribution in [1.82, 2.24) is 10.2 Å². The van der Waals surface area contributed by atoms with E-state index in [4.69, 9.17) is 9.47 Å². The van der Waals surface area contributed by atoms with Gasteiger partial charge in [0, 0.05) is 18.2 Å². The number of rotatable bonds is 13. The van der Waals surface area contributed by atoms with Crippen molar-refractivity contribution < 1.29 is 19.1 Å². The first-order valence-corrected chi connectivity index (χ1v) is 13.2. The highest BCUT2D eigenvalue weighted by Gasteiger charge is 2.32. The smallest absolute Gasteiger partial charge is 0.247 e. The van der Waals surface area contributed by atoms with Crippen molar-refractivity contribution in [2.75, 3.05) is 13.2 Å². The molecule has 0 radical (unpaired) electrons. The monoisotopic (exact) mass is 538 g/mol. The summed E-state index contributed by atoms with van der Waals surface area (Å²) in [5.74, 6) is 0.547. The van der Waals surface area contributed by atoms with Gasteiger partial charge in [0.25, 0.3) is 0 Å². The van der Waals surface area contributed by atoms with E-state index in [2.05, 4.69) is 18.5 Å². The molecule has 3 rings (SSSR count). The van der Waals surface area contributed by atoms with Crippen LogP contribution in [0, 0.1) is 0 Å². The van der Waals surface area contributed by atoms with E-state index in [9.17, 15) is 9.59 Å². The molecule has 0 saturated carbocycles. The number of benzene rings is 3. The van der Waals surface area contributed by atoms with Crippen molar-refractivity contribution >= 4 is 17.9 Å². The molecule has 40 heavy (non-hydrogen) atoms. The summed E-state index contributed by atoms with van der Waals surface area (Å²) in [6.45, 7) is 14.0. The second-order valence-electron chi connectivity index (χ2n) is 10.2. The highest BCUT2D eigenvalue weighted by Crippen LogP contribution is 2.30. The molecule has 0 saturated heterocycles. The number of hydrogen-bond acceptors (Lipinski definition) is 4. The molecule has 208 valence electrons. The van der Waals surface area contributed by atoms with Crippen molar-refractivity contribution in [1.29, 1.82) is 0 Å². The summed E-state index contributed by atoms with van der Waals surface area (Å²) < 4.78 is 11.5. The second-order valence-corrected chi connectivity index (χ2v) is 10.2. The van der Waals surface area contributed by atoms with Crippen molar-refractivity contribution in [2.45, 2.75) is 38.9 Å². The van der Waals surface area contributed by atoms with Gasteiger partial charge in [-0.2, -0.15) is 0 Å². The van der Waals surface area contributed by atoms with Gasteiger partial charge in [0.2, 0.25) is 11.8 Å². The summed E-state index contributed by atoms with van der Waals surface area (Å²) in [6, 6.07) is 23.6. The Morgan fingerprint density at radius 2 is 1.48 bits per heavy atom. The van der Waals surface area contributed by atoms with E-state index in [1.165, 1.54) is 6.08 Å². The first-order chi connectivity index (χ1) is 19.2. The molecule has 0 heterocycles. The number of carbonyl (C=O) groups excluding carboxylic acids is 2. The standard InChI is InChI=1S/C34H38N2O4/c1-6-22-39-29-20-18-26(24-30(29)40-23-7-2)19-21-31(37)36(25-27-14-10-8-11-15-27)32(28-16-12-9-13-17-28)33(38)35-34(3,4)5/h6-21,24,32H,1-2,22-23,25H2,3-5H3,(H,35,38)/b21-19+/t32-/m0/s1. The number of amides is 2. The van der Waals surface area contributed by atoms with Gasteiger partial charge in [-0.05, 0) is 55.7 Å². The molecule has 1 N–H and O–H groups in total. The third-order valence-electron chi connectivity index (χ3n) is 5.75. The zero-order valence-corrected chi connectivity index (χ0v) is 23.5. The third kappa shape index (κ3) is 9.02. The third-order valence-corrected chi connectivity index (χ3v) is 5.75. The minimum absolute atomic E-state index is 0.250. The van der Waals surface area contributed by atoms with Crippen LogP contribution in [0.4, 0.5) is 0 Å². The lowest BCUT2D eigenvalue weighted by molar-refractivity contribution is -0.138. The molecule has 6 nitrogen and oxygen atoms in total. The molecule has 3 aromatic rings. The molecule has 0 aliphatic rings. The highest BCUT2D eigenvalue weighted by molar-refractivity contribution is 5.96. The van der Waals surface area contributed by atoms with Crippen LogP contribution in [-0.2, 0) is 16.1 Å². The van der Waals surface area contributed by atoms with Crippen molar-refractivity contribution in [3.8, 4) is 11.5 Å². The van der Waals surface area contributed by atoms with Crippen LogP contribution in [0.3, 0.4) is 0 Å². The molecular weight excluding hydrogens is 500 g/mol. The maximum Gasteiger partial charge on any atom is 0.247 e. The van der Waals surface area contributed by atoms with E-state index in [1.54, 1.807) is 35.3 Å². The van der Waals surface area contributed by atoms with Gasteiger partial charge in [0.05, 0.1) is 0 Å². The molecule has 2 amide bonds. The number of carbonyl (C=O) groups is 2. The van der Waals surface area contributed by atoms with Crippen LogP contribution in [0.5, 0.6) is 11.5 Å². The average molecular weight is 539 g/mol. The summed E-state index contributed by atoms with van der Waals surface area (Å²) in [6.07, 6.45) is 6.50. The van der Waals surface area contributed by atoms with E-state index >= 15 is 0 Å². The van der Waals surface area contributed by atoms with Crippen LogP contribution < -0.4 is 14.8 Å². The van der Waals surface area contributed by atoms with Gasteiger partial charge in [-0.15, -0.1) is 0 Å². The lowest BCUT2D eigenvalue weighted by atomic mass is 10.0. The van der Waals surface area contributed by atoms with Crippen molar-refractivity contribution in [2.24, 2.45) is 0 Å². The second kappa shape index (κ2) is 14.5. The molecule has 0 bridgehead atoms. The topological polar surface area (TPSA) is 67.9 Å². The van der Waals surface area contributed by atoms with Gasteiger partial charge in [0.1, 0.15) is 19.3 Å². The summed E-state index contributed by atoms with van der Waals surface area (Å²) >= 11 is 0. The zero-order valence-electron chi connectivity index (χ0n) is 23.5. The lowest BCUT2D eigenvalue weighted by Gasteiger charge is -2.33. The summed E-state index contributed by atoms with van der Waals surface area (Å²) in [5.41, 5.74) is 1.91. The summed E-state index contributed by atoms with van der Waals surface area (Å²) in [5, 5.41) is 3.06. The van der Waals surface area contributed by atoms with Gasteiger partial charge in [-0.1, -0.05) is 92.0 Å². The fourth-order valence-electron chi connectivity index (χ4n) is 4.04. The average Bonchev–Trinajstić information content (AvgIpc) is 2.94. The number of ether oxygens (including phenoxy) is 2. The largest absolute Gasteiger partial charge is 0.486 e. The van der Waals surface area contributed by atoms with E-state index in [-0.39, 0.29) is 18.4 Å². The van der Waals surface area contributed by atoms with Crippen molar-refractivity contribution in [3.63, 3.8) is 0 Å². The molecule has 0 fully saturated rings. The molecule has 0 spiro atoms. The quantitative estimate of drug-likeness (QED) is 0.199. The maximum atomic E-state index is 13.8. The maximum absolute atomic E-state index is 13.8. The Morgan fingerprint density at radius 3 is 2.08 bits per heavy atom.